The third-order valence-electron chi connectivity index (χ3n) is 3.03. The molecule has 0 unspecified atom stereocenters. The van der Waals surface area contributed by atoms with Crippen LogP contribution < -0.4 is 10.6 Å². The van der Waals surface area contributed by atoms with E-state index in [1.54, 1.807) is 6.07 Å². The highest BCUT2D eigenvalue weighted by molar-refractivity contribution is 6.35. The Hall–Kier alpha value is -2.44. The van der Waals surface area contributed by atoms with E-state index in [1.165, 1.54) is 24.3 Å². The molecule has 0 aromatic heterocycles. The SMILES string of the molecule is O=C(NCCNC(=O)c1cc(Cl)ccc1Cl)c1cc(O)cc(O)c1. The van der Waals surface area contributed by atoms with E-state index in [1.807, 2.05) is 0 Å². The monoisotopic (exact) mass is 368 g/mol. The van der Waals surface area contributed by atoms with E-state index in [0.29, 0.717) is 5.02 Å². The lowest BCUT2D eigenvalue weighted by Gasteiger charge is -2.09. The summed E-state index contributed by atoms with van der Waals surface area (Å²) in [4.78, 5) is 23.9. The molecule has 0 atom stereocenters. The van der Waals surface area contributed by atoms with Crippen molar-refractivity contribution in [2.24, 2.45) is 0 Å². The van der Waals surface area contributed by atoms with Crippen molar-refractivity contribution in [3.05, 3.63) is 57.6 Å². The molecule has 2 rings (SSSR count). The molecule has 0 fully saturated rings. The Morgan fingerprint density at radius 2 is 1.46 bits per heavy atom. The first-order valence-corrected chi connectivity index (χ1v) is 7.67. The van der Waals surface area contributed by atoms with Crippen molar-refractivity contribution in [3.63, 3.8) is 0 Å². The van der Waals surface area contributed by atoms with Crippen LogP contribution in [0.3, 0.4) is 0 Å². The summed E-state index contributed by atoms with van der Waals surface area (Å²) >= 11 is 11.7. The minimum Gasteiger partial charge on any atom is -0.508 e. The lowest BCUT2D eigenvalue weighted by atomic mass is 10.2. The molecule has 0 saturated carbocycles. The predicted molar refractivity (Wildman–Crippen MR) is 90.9 cm³/mol. The molecule has 2 aromatic rings. The minimum atomic E-state index is -0.490. The van der Waals surface area contributed by atoms with Crippen molar-refractivity contribution in [2.75, 3.05) is 13.1 Å². The molecule has 4 N–H and O–H groups in total. The van der Waals surface area contributed by atoms with Gasteiger partial charge >= 0.3 is 0 Å². The van der Waals surface area contributed by atoms with Gasteiger partial charge in [0.15, 0.2) is 0 Å². The molecule has 0 bridgehead atoms. The summed E-state index contributed by atoms with van der Waals surface area (Å²) in [6, 6.07) is 8.11. The second kappa shape index (κ2) is 7.90. The third-order valence-corrected chi connectivity index (χ3v) is 3.60. The van der Waals surface area contributed by atoms with Gasteiger partial charge in [-0.25, -0.2) is 0 Å². The highest BCUT2D eigenvalue weighted by Crippen LogP contribution is 2.21. The molecular weight excluding hydrogens is 355 g/mol. The number of carbonyl (C=O) groups excluding carboxylic acids is 2. The first kappa shape index (κ1) is 17.9. The predicted octanol–water partition coefficient (Wildman–Crippen LogP) is 2.56. The standard InChI is InChI=1S/C16H14Cl2N2O4/c17-10-1-2-14(18)13(7-10)16(24)20-4-3-19-15(23)9-5-11(21)8-12(22)6-9/h1-2,5-8,21-22H,3-4H2,(H,19,23)(H,20,24). The maximum Gasteiger partial charge on any atom is 0.252 e. The molecule has 0 aliphatic carbocycles. The number of phenols is 2. The van der Waals surface area contributed by atoms with E-state index < -0.39 is 11.8 Å². The van der Waals surface area contributed by atoms with E-state index in [4.69, 9.17) is 23.2 Å². The van der Waals surface area contributed by atoms with E-state index in [2.05, 4.69) is 10.6 Å². The van der Waals surface area contributed by atoms with Gasteiger partial charge in [-0.3, -0.25) is 9.59 Å². The number of amides is 2. The Morgan fingerprint density at radius 1 is 0.875 bits per heavy atom. The number of carbonyl (C=O) groups is 2. The zero-order chi connectivity index (χ0) is 17.7. The average Bonchev–Trinajstić information content (AvgIpc) is 2.52. The van der Waals surface area contributed by atoms with Crippen LogP contribution >= 0.6 is 23.2 Å². The maximum absolute atomic E-state index is 12.0. The molecule has 6 nitrogen and oxygen atoms in total. The van der Waals surface area contributed by atoms with Gasteiger partial charge in [-0.1, -0.05) is 23.2 Å². The Balaban J connectivity index is 1.85. The lowest BCUT2D eigenvalue weighted by Crippen LogP contribution is -2.34. The van der Waals surface area contributed by atoms with E-state index in [-0.39, 0.29) is 40.7 Å². The van der Waals surface area contributed by atoms with Crippen molar-refractivity contribution >= 4 is 35.0 Å². The number of hydrogen-bond donors (Lipinski definition) is 4. The highest BCUT2D eigenvalue weighted by Gasteiger charge is 2.11. The highest BCUT2D eigenvalue weighted by atomic mass is 35.5. The van der Waals surface area contributed by atoms with E-state index in [9.17, 15) is 19.8 Å². The molecule has 8 heteroatoms. The minimum absolute atomic E-state index is 0.108. The van der Waals surface area contributed by atoms with E-state index in [0.717, 1.165) is 6.07 Å². The molecule has 2 amide bonds. The van der Waals surface area contributed by atoms with Crippen LogP contribution in [0, 0.1) is 0 Å². The Labute approximate surface area is 148 Å². The topological polar surface area (TPSA) is 98.7 Å². The number of benzene rings is 2. The summed E-state index contributed by atoms with van der Waals surface area (Å²) in [5.41, 5.74) is 0.352. The van der Waals surface area contributed by atoms with Crippen LogP contribution in [0.4, 0.5) is 0 Å². The first-order valence-electron chi connectivity index (χ1n) is 6.91. The number of nitrogens with one attached hydrogen (secondary N) is 2. The van der Waals surface area contributed by atoms with Gasteiger partial charge in [0.05, 0.1) is 10.6 Å². The van der Waals surface area contributed by atoms with Crippen molar-refractivity contribution in [1.82, 2.24) is 10.6 Å². The quantitative estimate of drug-likeness (QED) is 0.609. The fourth-order valence-electron chi connectivity index (χ4n) is 1.95. The molecule has 0 saturated heterocycles. The summed E-state index contributed by atoms with van der Waals surface area (Å²) in [5, 5.41) is 24.5. The summed E-state index contributed by atoms with van der Waals surface area (Å²) in [7, 11) is 0. The maximum atomic E-state index is 12.0. The molecule has 0 spiro atoms. The van der Waals surface area contributed by atoms with Crippen LogP contribution in [0.1, 0.15) is 20.7 Å². The number of aromatic hydroxyl groups is 2. The smallest absolute Gasteiger partial charge is 0.252 e. The third kappa shape index (κ3) is 4.78. The molecule has 0 aliphatic heterocycles. The van der Waals surface area contributed by atoms with Crippen LogP contribution in [0.5, 0.6) is 11.5 Å². The van der Waals surface area contributed by atoms with Gasteiger partial charge in [0, 0.05) is 29.7 Å². The van der Waals surface area contributed by atoms with Crippen molar-refractivity contribution in [2.45, 2.75) is 0 Å². The first-order chi connectivity index (χ1) is 11.4. The summed E-state index contributed by atoms with van der Waals surface area (Å²) < 4.78 is 0. The van der Waals surface area contributed by atoms with Crippen LogP contribution in [-0.2, 0) is 0 Å². The molecule has 126 valence electrons. The van der Waals surface area contributed by atoms with Gasteiger partial charge in [0.2, 0.25) is 0 Å². The van der Waals surface area contributed by atoms with Gasteiger partial charge in [-0.2, -0.15) is 0 Å². The van der Waals surface area contributed by atoms with Gasteiger partial charge in [-0.05, 0) is 30.3 Å². The second-order valence-electron chi connectivity index (χ2n) is 4.87. The lowest BCUT2D eigenvalue weighted by molar-refractivity contribution is 0.0927. The summed E-state index contributed by atoms with van der Waals surface area (Å²) in [6.45, 7) is 0.317. The second-order valence-corrected chi connectivity index (χ2v) is 5.72. The molecule has 2 aromatic carbocycles. The molecule has 0 aliphatic rings. The molecule has 24 heavy (non-hydrogen) atoms. The summed E-state index contributed by atoms with van der Waals surface area (Å²) in [5.74, 6) is -1.34. The number of rotatable bonds is 5. The fraction of sp³-hybridized carbons (Fsp3) is 0.125. The largest absolute Gasteiger partial charge is 0.508 e. The fourth-order valence-corrected chi connectivity index (χ4v) is 2.32. The summed E-state index contributed by atoms with van der Waals surface area (Å²) in [6.07, 6.45) is 0. The van der Waals surface area contributed by atoms with Gasteiger partial charge < -0.3 is 20.8 Å². The number of phenolic OH excluding ortho intramolecular Hbond substituents is 2. The van der Waals surface area contributed by atoms with Crippen LogP contribution in [-0.4, -0.2) is 35.1 Å². The molecular formula is C16H14Cl2N2O4. The van der Waals surface area contributed by atoms with Gasteiger partial charge in [-0.15, -0.1) is 0 Å². The van der Waals surface area contributed by atoms with Gasteiger partial charge in [0.25, 0.3) is 11.8 Å². The zero-order valence-electron chi connectivity index (χ0n) is 12.3. The molecule has 0 heterocycles. The number of halogens is 2. The normalized spacial score (nSPS) is 10.2. The van der Waals surface area contributed by atoms with Crippen molar-refractivity contribution < 1.29 is 19.8 Å². The Morgan fingerprint density at radius 3 is 2.08 bits per heavy atom. The van der Waals surface area contributed by atoms with Crippen LogP contribution in [0.15, 0.2) is 36.4 Å². The Kier molecular flexibility index (Phi) is 5.89. The number of hydrogen-bond acceptors (Lipinski definition) is 4. The zero-order valence-corrected chi connectivity index (χ0v) is 13.9. The Bertz CT molecular complexity index is 760. The van der Waals surface area contributed by atoms with Crippen LogP contribution in [0.2, 0.25) is 10.0 Å². The van der Waals surface area contributed by atoms with Crippen molar-refractivity contribution in [1.29, 1.82) is 0 Å². The molecule has 0 radical (unpaired) electrons. The van der Waals surface area contributed by atoms with Crippen molar-refractivity contribution in [3.8, 4) is 11.5 Å². The van der Waals surface area contributed by atoms with Crippen LogP contribution in [0.25, 0.3) is 0 Å². The average molecular weight is 369 g/mol. The van der Waals surface area contributed by atoms with E-state index >= 15 is 0 Å². The van der Waals surface area contributed by atoms with Gasteiger partial charge in [0.1, 0.15) is 11.5 Å².